The normalized spacial score (nSPS) is 17.5. The molecule has 0 bridgehead atoms. The van der Waals surface area contributed by atoms with Gasteiger partial charge in [0.05, 0.1) is 10.5 Å². The van der Waals surface area contributed by atoms with Crippen LogP contribution in [0, 0.1) is 6.92 Å². The smallest absolute Gasteiger partial charge is 0.252 e. The molecule has 3 nitrogen and oxygen atoms in total. The summed E-state index contributed by atoms with van der Waals surface area (Å²) in [5.41, 5.74) is 6.82. The van der Waals surface area contributed by atoms with Crippen LogP contribution in [-0.2, 0) is 0 Å². The summed E-state index contributed by atoms with van der Waals surface area (Å²) in [7, 11) is 0. The van der Waals surface area contributed by atoms with Crippen LogP contribution in [0.5, 0.6) is 0 Å². The Hall–Kier alpha value is -1.13. The van der Waals surface area contributed by atoms with E-state index in [1.54, 1.807) is 18.2 Å². The fourth-order valence-corrected chi connectivity index (χ4v) is 3.04. The van der Waals surface area contributed by atoms with Crippen molar-refractivity contribution in [2.75, 3.05) is 0 Å². The van der Waals surface area contributed by atoms with Crippen molar-refractivity contribution >= 4 is 34.7 Å². The number of nitrogens with two attached hydrogens (primary N) is 1. The van der Waals surface area contributed by atoms with Gasteiger partial charge in [-0.25, -0.2) is 0 Å². The summed E-state index contributed by atoms with van der Waals surface area (Å²) in [4.78, 5) is 12.8. The van der Waals surface area contributed by atoms with E-state index in [4.69, 9.17) is 29.6 Å². The second-order valence-electron chi connectivity index (χ2n) is 5.43. The molecule has 0 saturated heterocycles. The van der Waals surface area contributed by atoms with Crippen molar-refractivity contribution in [1.29, 1.82) is 0 Å². The van der Waals surface area contributed by atoms with Crippen molar-refractivity contribution < 1.29 is 4.79 Å². The number of amides is 1. The van der Waals surface area contributed by atoms with Crippen molar-refractivity contribution in [2.45, 2.75) is 44.6 Å². The quantitative estimate of drug-likeness (QED) is 0.842. The Morgan fingerprint density at radius 1 is 1.35 bits per heavy atom. The molecule has 108 valence electrons. The molecule has 0 atom stereocenters. The van der Waals surface area contributed by atoms with Crippen LogP contribution >= 0.6 is 23.8 Å². The molecule has 3 N–H and O–H groups in total. The number of thiocarbonyl (C=S) groups is 1. The van der Waals surface area contributed by atoms with Gasteiger partial charge in [0.2, 0.25) is 0 Å². The van der Waals surface area contributed by atoms with Gasteiger partial charge in [-0.15, -0.1) is 0 Å². The summed E-state index contributed by atoms with van der Waals surface area (Å²) in [5.74, 6) is -0.139. The second-order valence-corrected chi connectivity index (χ2v) is 6.27. The predicted octanol–water partition coefficient (Wildman–Crippen LogP) is 3.37. The Morgan fingerprint density at radius 2 is 2.00 bits per heavy atom. The van der Waals surface area contributed by atoms with Crippen LogP contribution in [-0.4, -0.2) is 16.4 Å². The first-order valence-corrected chi connectivity index (χ1v) is 7.62. The fraction of sp³-hybridized carbons (Fsp3) is 0.467. The third-order valence-corrected chi connectivity index (χ3v) is 4.77. The zero-order valence-corrected chi connectivity index (χ0v) is 13.1. The highest BCUT2D eigenvalue weighted by Crippen LogP contribution is 2.29. The number of benzene rings is 1. The van der Waals surface area contributed by atoms with E-state index in [1.807, 2.05) is 6.92 Å². The molecule has 0 heterocycles. The Morgan fingerprint density at radius 3 is 2.55 bits per heavy atom. The average Bonchev–Trinajstić information content (AvgIpc) is 2.42. The maximum Gasteiger partial charge on any atom is 0.252 e. The molecular weight excluding hydrogens is 292 g/mol. The highest BCUT2D eigenvalue weighted by atomic mass is 35.5. The number of halogens is 1. The van der Waals surface area contributed by atoms with Crippen LogP contribution in [0.4, 0.5) is 0 Å². The van der Waals surface area contributed by atoms with E-state index in [-0.39, 0.29) is 5.91 Å². The minimum absolute atomic E-state index is 0.139. The molecule has 1 aliphatic rings. The maximum atomic E-state index is 12.4. The summed E-state index contributed by atoms with van der Waals surface area (Å²) < 4.78 is 0. The summed E-state index contributed by atoms with van der Waals surface area (Å²) in [5, 5.41) is 3.70. The summed E-state index contributed by atoms with van der Waals surface area (Å²) in [6.45, 7) is 1.88. The SMILES string of the molecule is Cc1cc(C(=O)NC2(C(N)=S)CCCCC2)ccc1Cl. The lowest BCUT2D eigenvalue weighted by Crippen LogP contribution is -2.57. The van der Waals surface area contributed by atoms with E-state index in [9.17, 15) is 4.79 Å². The van der Waals surface area contributed by atoms with Gasteiger partial charge in [-0.1, -0.05) is 43.1 Å². The highest BCUT2D eigenvalue weighted by molar-refractivity contribution is 7.80. The van der Waals surface area contributed by atoms with Crippen molar-refractivity contribution in [2.24, 2.45) is 5.73 Å². The van der Waals surface area contributed by atoms with Crippen molar-refractivity contribution in [1.82, 2.24) is 5.32 Å². The maximum absolute atomic E-state index is 12.4. The number of carbonyl (C=O) groups is 1. The third kappa shape index (κ3) is 3.13. The first kappa shape index (κ1) is 15.3. The van der Waals surface area contributed by atoms with Crippen LogP contribution in [0.15, 0.2) is 18.2 Å². The van der Waals surface area contributed by atoms with E-state index >= 15 is 0 Å². The van der Waals surface area contributed by atoms with Crippen molar-refractivity contribution in [3.63, 3.8) is 0 Å². The van der Waals surface area contributed by atoms with Crippen LogP contribution in [0.25, 0.3) is 0 Å². The highest BCUT2D eigenvalue weighted by Gasteiger charge is 2.36. The number of carbonyl (C=O) groups excluding carboxylic acids is 1. The van der Waals surface area contributed by atoms with Gasteiger partial charge in [0.1, 0.15) is 0 Å². The van der Waals surface area contributed by atoms with Gasteiger partial charge in [0.15, 0.2) is 0 Å². The zero-order valence-electron chi connectivity index (χ0n) is 11.5. The van der Waals surface area contributed by atoms with Crippen LogP contribution in [0.3, 0.4) is 0 Å². The van der Waals surface area contributed by atoms with Gasteiger partial charge in [0.25, 0.3) is 5.91 Å². The Bertz CT molecular complexity index is 539. The summed E-state index contributed by atoms with van der Waals surface area (Å²) in [6, 6.07) is 5.24. The molecule has 0 unspecified atom stereocenters. The number of hydrogen-bond donors (Lipinski definition) is 2. The largest absolute Gasteiger partial charge is 0.391 e. The molecule has 0 spiro atoms. The molecule has 20 heavy (non-hydrogen) atoms. The van der Waals surface area contributed by atoms with Gasteiger partial charge in [-0.05, 0) is 43.5 Å². The number of aryl methyl sites for hydroxylation is 1. The van der Waals surface area contributed by atoms with Gasteiger partial charge in [0, 0.05) is 10.6 Å². The molecule has 1 amide bonds. The Labute approximate surface area is 129 Å². The van der Waals surface area contributed by atoms with E-state index in [1.165, 1.54) is 6.42 Å². The molecule has 5 heteroatoms. The zero-order chi connectivity index (χ0) is 14.8. The molecule has 1 saturated carbocycles. The van der Waals surface area contributed by atoms with E-state index in [0.717, 1.165) is 31.2 Å². The van der Waals surface area contributed by atoms with Gasteiger partial charge >= 0.3 is 0 Å². The summed E-state index contributed by atoms with van der Waals surface area (Å²) in [6.07, 6.45) is 4.89. The molecular formula is C15H19ClN2OS. The molecule has 1 aromatic rings. The molecule has 0 aromatic heterocycles. The first-order valence-electron chi connectivity index (χ1n) is 6.83. The van der Waals surface area contributed by atoms with Crippen LogP contribution in [0.1, 0.15) is 48.0 Å². The van der Waals surface area contributed by atoms with Gasteiger partial charge in [-0.2, -0.15) is 0 Å². The predicted molar refractivity (Wildman–Crippen MR) is 86.3 cm³/mol. The van der Waals surface area contributed by atoms with Crippen molar-refractivity contribution in [3.8, 4) is 0 Å². The number of hydrogen-bond acceptors (Lipinski definition) is 2. The van der Waals surface area contributed by atoms with E-state index in [2.05, 4.69) is 5.32 Å². The Balaban J connectivity index is 2.20. The Kier molecular flexibility index (Phi) is 4.66. The average molecular weight is 311 g/mol. The summed E-state index contributed by atoms with van der Waals surface area (Å²) >= 11 is 11.2. The van der Waals surface area contributed by atoms with E-state index in [0.29, 0.717) is 15.6 Å². The molecule has 0 aliphatic heterocycles. The minimum Gasteiger partial charge on any atom is -0.391 e. The van der Waals surface area contributed by atoms with Crippen LogP contribution in [0.2, 0.25) is 5.02 Å². The first-order chi connectivity index (χ1) is 9.44. The number of rotatable bonds is 3. The fourth-order valence-electron chi connectivity index (χ4n) is 2.66. The van der Waals surface area contributed by atoms with Crippen LogP contribution < -0.4 is 11.1 Å². The molecule has 1 aromatic carbocycles. The van der Waals surface area contributed by atoms with Gasteiger partial charge in [-0.3, -0.25) is 4.79 Å². The lowest BCUT2D eigenvalue weighted by atomic mass is 9.81. The monoisotopic (exact) mass is 310 g/mol. The standard InChI is InChI=1S/C15H19ClN2OS/c1-10-9-11(5-6-12(10)16)13(19)18-15(14(17)20)7-3-2-4-8-15/h5-6,9H,2-4,7-8H2,1H3,(H2,17,20)(H,18,19). The van der Waals surface area contributed by atoms with Gasteiger partial charge < -0.3 is 11.1 Å². The lowest BCUT2D eigenvalue weighted by Gasteiger charge is -2.37. The third-order valence-electron chi connectivity index (χ3n) is 3.95. The topological polar surface area (TPSA) is 55.1 Å². The molecule has 1 fully saturated rings. The lowest BCUT2D eigenvalue weighted by molar-refractivity contribution is 0.0908. The molecule has 0 radical (unpaired) electrons. The minimum atomic E-state index is -0.530. The number of nitrogens with one attached hydrogen (secondary N) is 1. The van der Waals surface area contributed by atoms with E-state index < -0.39 is 5.54 Å². The van der Waals surface area contributed by atoms with Crippen molar-refractivity contribution in [3.05, 3.63) is 34.3 Å². The second kappa shape index (κ2) is 6.10. The molecule has 1 aliphatic carbocycles. The molecule has 2 rings (SSSR count).